The van der Waals surface area contributed by atoms with Crippen molar-refractivity contribution in [1.29, 1.82) is 0 Å². The molecule has 0 spiro atoms. The molecule has 0 saturated carbocycles. The molecule has 1 heterocycles. The number of carbonyl (C=O) groups excluding carboxylic acids is 1. The van der Waals surface area contributed by atoms with E-state index in [2.05, 4.69) is 10.5 Å². The van der Waals surface area contributed by atoms with E-state index in [9.17, 15) is 9.18 Å². The molecule has 0 aliphatic carbocycles. The Morgan fingerprint density at radius 1 is 1.45 bits per heavy atom. The van der Waals surface area contributed by atoms with E-state index >= 15 is 0 Å². The van der Waals surface area contributed by atoms with Gasteiger partial charge in [0, 0.05) is 11.1 Å². The highest BCUT2D eigenvalue weighted by molar-refractivity contribution is 5.95. The third-order valence-electron chi connectivity index (χ3n) is 3.13. The molecule has 0 saturated heterocycles. The standard InChI is InChI=1S/C14H16FN3O2/c1-7(13-8(2)18-20-9(13)3)17-14(19)10-4-5-11(15)12(16)6-10/h4-7H,16H2,1-3H3,(H,17,19). The first kappa shape index (κ1) is 14.0. The number of halogens is 1. The van der Waals surface area contributed by atoms with E-state index < -0.39 is 5.82 Å². The summed E-state index contributed by atoms with van der Waals surface area (Å²) >= 11 is 0. The first-order valence-corrected chi connectivity index (χ1v) is 6.18. The number of nitrogens with zero attached hydrogens (tertiary/aromatic N) is 1. The second kappa shape index (κ2) is 5.32. The number of benzene rings is 1. The molecule has 0 aliphatic rings. The van der Waals surface area contributed by atoms with Crippen LogP contribution < -0.4 is 11.1 Å². The quantitative estimate of drug-likeness (QED) is 0.845. The van der Waals surface area contributed by atoms with E-state index in [1.807, 2.05) is 13.8 Å². The molecule has 0 fully saturated rings. The average molecular weight is 277 g/mol. The van der Waals surface area contributed by atoms with Crippen LogP contribution in [0.5, 0.6) is 0 Å². The number of amides is 1. The van der Waals surface area contributed by atoms with Gasteiger partial charge in [-0.3, -0.25) is 4.79 Å². The summed E-state index contributed by atoms with van der Waals surface area (Å²) in [5, 5.41) is 6.66. The van der Waals surface area contributed by atoms with Crippen LogP contribution in [-0.2, 0) is 0 Å². The van der Waals surface area contributed by atoms with Gasteiger partial charge in [-0.15, -0.1) is 0 Å². The number of anilines is 1. The molecule has 1 aromatic carbocycles. The molecule has 1 atom stereocenters. The van der Waals surface area contributed by atoms with Gasteiger partial charge in [-0.05, 0) is 39.0 Å². The van der Waals surface area contributed by atoms with Crippen molar-refractivity contribution in [3.63, 3.8) is 0 Å². The summed E-state index contributed by atoms with van der Waals surface area (Å²) in [4.78, 5) is 12.1. The lowest BCUT2D eigenvalue weighted by molar-refractivity contribution is 0.0939. The largest absolute Gasteiger partial charge is 0.396 e. The molecule has 0 bridgehead atoms. The summed E-state index contributed by atoms with van der Waals surface area (Å²) < 4.78 is 18.1. The van der Waals surface area contributed by atoms with Crippen LogP contribution in [0.4, 0.5) is 10.1 Å². The van der Waals surface area contributed by atoms with Crippen molar-refractivity contribution in [1.82, 2.24) is 10.5 Å². The van der Waals surface area contributed by atoms with Crippen LogP contribution in [0.1, 0.15) is 40.3 Å². The molecule has 5 nitrogen and oxygen atoms in total. The predicted octanol–water partition coefficient (Wildman–Crippen LogP) is 2.50. The highest BCUT2D eigenvalue weighted by Gasteiger charge is 2.19. The van der Waals surface area contributed by atoms with Crippen LogP contribution >= 0.6 is 0 Å². The smallest absolute Gasteiger partial charge is 0.251 e. The molecule has 6 heteroatoms. The zero-order chi connectivity index (χ0) is 14.9. The summed E-state index contributed by atoms with van der Waals surface area (Å²) in [5.74, 6) is -0.210. The second-order valence-electron chi connectivity index (χ2n) is 4.67. The summed E-state index contributed by atoms with van der Waals surface area (Å²) in [6, 6.07) is 3.61. The van der Waals surface area contributed by atoms with E-state index in [-0.39, 0.29) is 17.6 Å². The van der Waals surface area contributed by atoms with Gasteiger partial charge in [-0.2, -0.15) is 0 Å². The van der Waals surface area contributed by atoms with Gasteiger partial charge in [0.1, 0.15) is 11.6 Å². The first-order valence-electron chi connectivity index (χ1n) is 6.18. The molecule has 2 aromatic rings. The topological polar surface area (TPSA) is 81.2 Å². The Bertz CT molecular complexity index is 632. The number of carbonyl (C=O) groups is 1. The lowest BCUT2D eigenvalue weighted by atomic mass is 10.1. The third-order valence-corrected chi connectivity index (χ3v) is 3.13. The minimum atomic E-state index is -0.541. The van der Waals surface area contributed by atoms with Gasteiger partial charge in [0.2, 0.25) is 0 Å². The van der Waals surface area contributed by atoms with Crippen LogP contribution in [0, 0.1) is 19.7 Å². The number of rotatable bonds is 3. The maximum absolute atomic E-state index is 13.1. The minimum absolute atomic E-state index is 0.0531. The highest BCUT2D eigenvalue weighted by atomic mass is 19.1. The summed E-state index contributed by atoms with van der Waals surface area (Å²) in [5.41, 5.74) is 7.28. The molecule has 3 N–H and O–H groups in total. The fourth-order valence-corrected chi connectivity index (χ4v) is 2.15. The summed E-state index contributed by atoms with van der Waals surface area (Å²) in [6.45, 7) is 5.43. The molecular weight excluding hydrogens is 261 g/mol. The van der Waals surface area contributed by atoms with Gasteiger partial charge in [-0.1, -0.05) is 5.16 Å². The molecule has 20 heavy (non-hydrogen) atoms. The van der Waals surface area contributed by atoms with Gasteiger partial charge in [-0.25, -0.2) is 4.39 Å². The molecule has 1 amide bonds. The number of hydrogen-bond acceptors (Lipinski definition) is 4. The van der Waals surface area contributed by atoms with E-state index in [0.717, 1.165) is 11.3 Å². The number of nitrogens with two attached hydrogens (primary N) is 1. The van der Waals surface area contributed by atoms with Crippen molar-refractivity contribution in [2.75, 3.05) is 5.73 Å². The Morgan fingerprint density at radius 3 is 2.70 bits per heavy atom. The van der Waals surface area contributed by atoms with Gasteiger partial charge in [0.25, 0.3) is 5.91 Å². The summed E-state index contributed by atoms with van der Waals surface area (Å²) in [6.07, 6.45) is 0. The predicted molar refractivity (Wildman–Crippen MR) is 72.7 cm³/mol. The highest BCUT2D eigenvalue weighted by Crippen LogP contribution is 2.21. The maximum Gasteiger partial charge on any atom is 0.251 e. The van der Waals surface area contributed by atoms with E-state index in [0.29, 0.717) is 11.3 Å². The number of hydrogen-bond donors (Lipinski definition) is 2. The zero-order valence-electron chi connectivity index (χ0n) is 11.5. The molecule has 2 rings (SSSR count). The van der Waals surface area contributed by atoms with Crippen LogP contribution in [-0.4, -0.2) is 11.1 Å². The fraction of sp³-hybridized carbons (Fsp3) is 0.286. The zero-order valence-corrected chi connectivity index (χ0v) is 11.5. The Morgan fingerprint density at radius 2 is 2.15 bits per heavy atom. The SMILES string of the molecule is Cc1noc(C)c1C(C)NC(=O)c1ccc(F)c(N)c1. The van der Waals surface area contributed by atoms with Crippen molar-refractivity contribution in [3.8, 4) is 0 Å². The average Bonchev–Trinajstić information content (AvgIpc) is 2.72. The van der Waals surface area contributed by atoms with E-state index in [4.69, 9.17) is 10.3 Å². The molecule has 106 valence electrons. The molecule has 1 unspecified atom stereocenters. The van der Waals surface area contributed by atoms with Crippen molar-refractivity contribution >= 4 is 11.6 Å². The lowest BCUT2D eigenvalue weighted by Gasteiger charge is -2.14. The maximum atomic E-state index is 13.1. The van der Waals surface area contributed by atoms with Crippen molar-refractivity contribution in [3.05, 3.63) is 46.6 Å². The lowest BCUT2D eigenvalue weighted by Crippen LogP contribution is -2.27. The van der Waals surface area contributed by atoms with Crippen molar-refractivity contribution in [2.45, 2.75) is 26.8 Å². The van der Waals surface area contributed by atoms with Gasteiger partial charge >= 0.3 is 0 Å². The molecule has 0 radical (unpaired) electrons. The normalized spacial score (nSPS) is 12.2. The van der Waals surface area contributed by atoms with Crippen molar-refractivity contribution < 1.29 is 13.7 Å². The Hall–Kier alpha value is -2.37. The number of nitrogens with one attached hydrogen (secondary N) is 1. The van der Waals surface area contributed by atoms with Crippen molar-refractivity contribution in [2.24, 2.45) is 0 Å². The first-order chi connectivity index (χ1) is 9.40. The Labute approximate surface area is 115 Å². The number of nitrogen functional groups attached to an aromatic ring is 1. The van der Waals surface area contributed by atoms with E-state index in [1.165, 1.54) is 18.2 Å². The third kappa shape index (κ3) is 2.64. The number of aryl methyl sites for hydroxylation is 2. The van der Waals surface area contributed by atoms with Gasteiger partial charge in [0.05, 0.1) is 17.4 Å². The minimum Gasteiger partial charge on any atom is -0.396 e. The summed E-state index contributed by atoms with van der Waals surface area (Å²) in [7, 11) is 0. The van der Waals surface area contributed by atoms with Crippen LogP contribution in [0.15, 0.2) is 22.7 Å². The van der Waals surface area contributed by atoms with E-state index in [1.54, 1.807) is 6.92 Å². The van der Waals surface area contributed by atoms with Crippen LogP contribution in [0.2, 0.25) is 0 Å². The fourth-order valence-electron chi connectivity index (χ4n) is 2.15. The van der Waals surface area contributed by atoms with Gasteiger partial charge in [0.15, 0.2) is 0 Å². The van der Waals surface area contributed by atoms with Gasteiger partial charge < -0.3 is 15.6 Å². The Balaban J connectivity index is 2.17. The monoisotopic (exact) mass is 277 g/mol. The molecular formula is C14H16FN3O2. The Kier molecular flexibility index (Phi) is 3.74. The molecule has 0 aliphatic heterocycles. The van der Waals surface area contributed by atoms with Crippen LogP contribution in [0.3, 0.4) is 0 Å². The molecule has 1 aromatic heterocycles. The second-order valence-corrected chi connectivity index (χ2v) is 4.67. The number of aromatic nitrogens is 1. The van der Waals surface area contributed by atoms with Crippen LogP contribution in [0.25, 0.3) is 0 Å².